The van der Waals surface area contributed by atoms with Crippen LogP contribution in [-0.2, 0) is 0 Å². The molecule has 1 unspecified atom stereocenters. The van der Waals surface area contributed by atoms with Crippen molar-refractivity contribution in [2.75, 3.05) is 6.54 Å². The standard InChI is InChI=1S/C17H19BrFN/c1-4-20-17(14-7-5-11(2)9-12(14)3)15-8-6-13(18)10-16(15)19/h5-10,17,20H,4H2,1-3H3. The normalized spacial score (nSPS) is 12.4. The Bertz CT molecular complexity index is 558. The van der Waals surface area contributed by atoms with Gasteiger partial charge in [-0.25, -0.2) is 4.39 Å². The van der Waals surface area contributed by atoms with E-state index in [0.29, 0.717) is 5.56 Å². The lowest BCUT2D eigenvalue weighted by Crippen LogP contribution is -2.23. The van der Waals surface area contributed by atoms with Gasteiger partial charge in [0.15, 0.2) is 0 Å². The number of benzene rings is 2. The Morgan fingerprint density at radius 3 is 2.40 bits per heavy atom. The zero-order chi connectivity index (χ0) is 14.7. The quantitative estimate of drug-likeness (QED) is 0.837. The van der Waals surface area contributed by atoms with E-state index in [9.17, 15) is 4.39 Å². The van der Waals surface area contributed by atoms with Crippen LogP contribution >= 0.6 is 15.9 Å². The summed E-state index contributed by atoms with van der Waals surface area (Å²) < 4.78 is 15.0. The molecular weight excluding hydrogens is 317 g/mol. The first-order valence-electron chi connectivity index (χ1n) is 6.78. The van der Waals surface area contributed by atoms with Crippen molar-refractivity contribution in [2.24, 2.45) is 0 Å². The maximum atomic E-state index is 14.3. The summed E-state index contributed by atoms with van der Waals surface area (Å²) in [7, 11) is 0. The van der Waals surface area contributed by atoms with Crippen LogP contribution in [0.15, 0.2) is 40.9 Å². The molecule has 0 fully saturated rings. The van der Waals surface area contributed by atoms with Gasteiger partial charge in [0.1, 0.15) is 5.82 Å². The first kappa shape index (κ1) is 15.2. The fraction of sp³-hybridized carbons (Fsp3) is 0.294. The van der Waals surface area contributed by atoms with Crippen LogP contribution in [0.1, 0.15) is 35.2 Å². The average molecular weight is 336 g/mol. The Balaban J connectivity index is 2.50. The minimum atomic E-state index is -0.190. The molecule has 2 aromatic carbocycles. The van der Waals surface area contributed by atoms with Gasteiger partial charge in [0, 0.05) is 10.0 Å². The van der Waals surface area contributed by atoms with Gasteiger partial charge in [-0.1, -0.05) is 52.7 Å². The summed E-state index contributed by atoms with van der Waals surface area (Å²) in [6.45, 7) is 6.96. The van der Waals surface area contributed by atoms with E-state index >= 15 is 0 Å². The minimum Gasteiger partial charge on any atom is -0.306 e. The Labute approximate surface area is 128 Å². The first-order chi connectivity index (χ1) is 9.52. The second-order valence-electron chi connectivity index (χ2n) is 5.02. The van der Waals surface area contributed by atoms with Crippen molar-refractivity contribution < 1.29 is 4.39 Å². The summed E-state index contributed by atoms with van der Waals surface area (Å²) in [5.41, 5.74) is 4.21. The molecule has 2 aromatic rings. The molecule has 20 heavy (non-hydrogen) atoms. The molecule has 0 saturated carbocycles. The van der Waals surface area contributed by atoms with Crippen LogP contribution in [0.3, 0.4) is 0 Å². The van der Waals surface area contributed by atoms with Crippen molar-refractivity contribution in [3.8, 4) is 0 Å². The maximum absolute atomic E-state index is 14.3. The van der Waals surface area contributed by atoms with Crippen molar-refractivity contribution in [1.29, 1.82) is 0 Å². The van der Waals surface area contributed by atoms with Gasteiger partial charge in [0.05, 0.1) is 6.04 Å². The first-order valence-corrected chi connectivity index (χ1v) is 7.57. The zero-order valence-electron chi connectivity index (χ0n) is 12.0. The summed E-state index contributed by atoms with van der Waals surface area (Å²) in [6.07, 6.45) is 0. The van der Waals surface area contributed by atoms with E-state index in [0.717, 1.165) is 16.6 Å². The Morgan fingerprint density at radius 2 is 1.80 bits per heavy atom. The third-order valence-electron chi connectivity index (χ3n) is 3.42. The summed E-state index contributed by atoms with van der Waals surface area (Å²) in [5.74, 6) is -0.190. The smallest absolute Gasteiger partial charge is 0.129 e. The van der Waals surface area contributed by atoms with Crippen LogP contribution in [-0.4, -0.2) is 6.54 Å². The molecule has 0 saturated heterocycles. The number of rotatable bonds is 4. The van der Waals surface area contributed by atoms with E-state index in [1.165, 1.54) is 17.2 Å². The van der Waals surface area contributed by atoms with E-state index in [-0.39, 0.29) is 11.9 Å². The lowest BCUT2D eigenvalue weighted by atomic mass is 9.93. The molecule has 0 aromatic heterocycles. The van der Waals surface area contributed by atoms with Crippen LogP contribution in [0, 0.1) is 19.7 Å². The van der Waals surface area contributed by atoms with Crippen molar-refractivity contribution >= 4 is 15.9 Å². The highest BCUT2D eigenvalue weighted by atomic mass is 79.9. The second kappa shape index (κ2) is 6.51. The molecule has 0 spiro atoms. The highest BCUT2D eigenvalue weighted by Crippen LogP contribution is 2.29. The van der Waals surface area contributed by atoms with Crippen molar-refractivity contribution in [3.05, 3.63) is 68.9 Å². The van der Waals surface area contributed by atoms with Crippen LogP contribution in [0.2, 0.25) is 0 Å². The Kier molecular flexibility index (Phi) is 4.95. The molecular formula is C17H19BrFN. The summed E-state index contributed by atoms with van der Waals surface area (Å²) in [5, 5.41) is 3.38. The van der Waals surface area contributed by atoms with Gasteiger partial charge in [-0.3, -0.25) is 0 Å². The monoisotopic (exact) mass is 335 g/mol. The predicted molar refractivity (Wildman–Crippen MR) is 85.5 cm³/mol. The van der Waals surface area contributed by atoms with Gasteiger partial charge in [0.25, 0.3) is 0 Å². The van der Waals surface area contributed by atoms with Gasteiger partial charge in [0.2, 0.25) is 0 Å². The molecule has 1 nitrogen and oxygen atoms in total. The fourth-order valence-corrected chi connectivity index (χ4v) is 2.81. The lowest BCUT2D eigenvalue weighted by Gasteiger charge is -2.22. The number of hydrogen-bond donors (Lipinski definition) is 1. The van der Waals surface area contributed by atoms with Crippen molar-refractivity contribution in [2.45, 2.75) is 26.8 Å². The molecule has 0 aliphatic heterocycles. The Morgan fingerprint density at radius 1 is 1.10 bits per heavy atom. The maximum Gasteiger partial charge on any atom is 0.129 e. The predicted octanol–water partition coefficient (Wildman–Crippen LogP) is 4.90. The van der Waals surface area contributed by atoms with Gasteiger partial charge in [-0.05, 0) is 43.7 Å². The van der Waals surface area contributed by atoms with Crippen LogP contribution < -0.4 is 5.32 Å². The number of halogens is 2. The average Bonchev–Trinajstić information content (AvgIpc) is 2.37. The van der Waals surface area contributed by atoms with E-state index in [2.05, 4.69) is 53.3 Å². The molecule has 0 aliphatic carbocycles. The van der Waals surface area contributed by atoms with Gasteiger partial charge in [-0.15, -0.1) is 0 Å². The third kappa shape index (κ3) is 3.28. The molecule has 0 bridgehead atoms. The number of hydrogen-bond acceptors (Lipinski definition) is 1. The van der Waals surface area contributed by atoms with Crippen LogP contribution in [0.25, 0.3) is 0 Å². The topological polar surface area (TPSA) is 12.0 Å². The second-order valence-corrected chi connectivity index (χ2v) is 5.93. The molecule has 1 atom stereocenters. The zero-order valence-corrected chi connectivity index (χ0v) is 13.6. The van der Waals surface area contributed by atoms with Crippen molar-refractivity contribution in [3.63, 3.8) is 0 Å². The van der Waals surface area contributed by atoms with E-state index in [1.807, 2.05) is 19.1 Å². The SMILES string of the molecule is CCNC(c1ccc(C)cc1C)c1ccc(Br)cc1F. The van der Waals surface area contributed by atoms with Crippen molar-refractivity contribution in [1.82, 2.24) is 5.32 Å². The minimum absolute atomic E-state index is 0.117. The molecule has 2 rings (SSSR count). The summed E-state index contributed by atoms with van der Waals surface area (Å²) in [6, 6.07) is 11.4. The molecule has 0 heterocycles. The molecule has 0 radical (unpaired) electrons. The number of aryl methyl sites for hydroxylation is 2. The van der Waals surface area contributed by atoms with E-state index < -0.39 is 0 Å². The van der Waals surface area contributed by atoms with E-state index in [4.69, 9.17) is 0 Å². The largest absolute Gasteiger partial charge is 0.306 e. The van der Waals surface area contributed by atoms with E-state index in [1.54, 1.807) is 0 Å². The highest BCUT2D eigenvalue weighted by molar-refractivity contribution is 9.10. The summed E-state index contributed by atoms with van der Waals surface area (Å²) in [4.78, 5) is 0. The van der Waals surface area contributed by atoms with Crippen LogP contribution in [0.4, 0.5) is 4.39 Å². The lowest BCUT2D eigenvalue weighted by molar-refractivity contribution is 0.557. The molecule has 0 aliphatic rings. The highest BCUT2D eigenvalue weighted by Gasteiger charge is 2.18. The van der Waals surface area contributed by atoms with Crippen LogP contribution in [0.5, 0.6) is 0 Å². The molecule has 1 N–H and O–H groups in total. The molecule has 106 valence electrons. The third-order valence-corrected chi connectivity index (χ3v) is 3.91. The van der Waals surface area contributed by atoms with Gasteiger partial charge >= 0.3 is 0 Å². The number of nitrogens with one attached hydrogen (secondary N) is 1. The Hall–Kier alpha value is -1.19. The molecule has 3 heteroatoms. The van der Waals surface area contributed by atoms with Gasteiger partial charge in [-0.2, -0.15) is 0 Å². The summed E-state index contributed by atoms with van der Waals surface area (Å²) >= 11 is 3.30. The molecule has 0 amide bonds. The van der Waals surface area contributed by atoms with Gasteiger partial charge < -0.3 is 5.32 Å². The fourth-order valence-electron chi connectivity index (χ4n) is 2.48.